The number of nitro groups is 1. The van der Waals surface area contributed by atoms with E-state index in [1.807, 2.05) is 0 Å². The van der Waals surface area contributed by atoms with E-state index in [-0.39, 0.29) is 30.9 Å². The molecule has 1 aromatic rings. The minimum Gasteiger partial charge on any atom is -0.462 e. The molecule has 7 rings (SSSR count). The molecule has 6 saturated heterocycles. The predicted molar refractivity (Wildman–Crippen MR) is 270 cm³/mol. The number of hydrogen-bond donors (Lipinski definition) is 14. The van der Waals surface area contributed by atoms with Gasteiger partial charge in [0.05, 0.1) is 61.2 Å². The SMILES string of the molecule is C[C@@H]1C(COS(=O)(=O)O)O[C@H](O[C@@H]2C(OC=O)O[C@@H](O[C@@H]3C(COS(=O)(=O)O)O[C@@H](O[C@@H]4C(OC=O)O[C@@H](O[C@@H]5C(COS(=O)(=O)O)O[C@H](O[C@@H]6C(OC=O)O[C@@H](Oc7ccc([N+](=O)[O-])cc7)C(O)[C@H]6O)C(N)[C@H]5O)C[C@@H]4O)C(N)[C@H]3O)C(O)[C@H]2O)C(N)[C@H]1O. The van der Waals surface area contributed by atoms with Crippen molar-refractivity contribution in [1.82, 2.24) is 0 Å². The highest BCUT2D eigenvalue weighted by Gasteiger charge is 2.57. The molecule has 90 heavy (non-hydrogen) atoms. The largest absolute Gasteiger partial charge is 0.462 e. The maximum atomic E-state index is 11.9. The van der Waals surface area contributed by atoms with E-state index in [4.69, 9.17) is 92.8 Å². The molecular formula is C43H64N4O40S3. The molecule has 0 aromatic heterocycles. The van der Waals surface area contributed by atoms with Gasteiger partial charge in [-0.2, -0.15) is 25.3 Å². The first kappa shape index (κ1) is 73.0. The third kappa shape index (κ3) is 18.3. The highest BCUT2D eigenvalue weighted by atomic mass is 32.3. The topological polar surface area (TPSA) is 664 Å². The maximum Gasteiger partial charge on any atom is 0.397 e. The zero-order valence-corrected chi connectivity index (χ0v) is 48.2. The summed E-state index contributed by atoms with van der Waals surface area (Å²) in [6.45, 7) is -2.81. The van der Waals surface area contributed by atoms with E-state index >= 15 is 0 Å². The van der Waals surface area contributed by atoms with Gasteiger partial charge in [-0.15, -0.1) is 0 Å². The van der Waals surface area contributed by atoms with Crippen LogP contribution in [0.2, 0.25) is 0 Å². The second-order valence-corrected chi connectivity index (χ2v) is 23.6. The third-order valence-corrected chi connectivity index (χ3v) is 15.7. The van der Waals surface area contributed by atoms with Crippen LogP contribution in [0.1, 0.15) is 13.3 Å². The van der Waals surface area contributed by atoms with Gasteiger partial charge in [-0.25, -0.2) is 12.5 Å². The van der Waals surface area contributed by atoms with Crippen molar-refractivity contribution < 1.29 is 183 Å². The van der Waals surface area contributed by atoms with Gasteiger partial charge < -0.3 is 124 Å². The molecule has 6 heterocycles. The Kier molecular flexibility index (Phi) is 24.9. The lowest BCUT2D eigenvalue weighted by molar-refractivity contribution is -0.396. The molecular weight excluding hydrogens is 1310 g/mol. The molecule has 0 spiro atoms. The van der Waals surface area contributed by atoms with Crippen LogP contribution in [0.25, 0.3) is 0 Å². The monoisotopic (exact) mass is 1370 g/mol. The number of aliphatic hydroxyl groups is 8. The number of carbonyl (C=O) groups excluding carboxylic acids is 3. The Hall–Kier alpha value is -4.44. The summed E-state index contributed by atoms with van der Waals surface area (Å²) in [7, 11) is -15.8. The predicted octanol–water partition coefficient (Wildman–Crippen LogP) is -10.0. The molecule has 6 aliphatic rings. The van der Waals surface area contributed by atoms with Crippen LogP contribution in [0.15, 0.2) is 24.3 Å². The average Bonchev–Trinajstić information content (AvgIpc) is 0.819. The van der Waals surface area contributed by atoms with Gasteiger partial charge in [-0.1, -0.05) is 6.92 Å². The van der Waals surface area contributed by atoms with Crippen LogP contribution in [0.5, 0.6) is 5.75 Å². The number of rotatable bonds is 28. The number of nitrogens with two attached hydrogens (primary N) is 3. The molecule has 44 nitrogen and oxygen atoms in total. The third-order valence-electron chi connectivity index (χ3n) is 14.4. The van der Waals surface area contributed by atoms with E-state index in [9.17, 15) is 99.7 Å². The molecule has 0 amide bonds. The lowest BCUT2D eigenvalue weighted by Crippen LogP contribution is -2.68. The van der Waals surface area contributed by atoms with E-state index in [0.717, 1.165) is 24.3 Å². The number of carbonyl (C=O) groups is 3. The average molecular weight is 1370 g/mol. The Balaban J connectivity index is 1.03. The number of aliphatic hydroxyl groups excluding tert-OH is 8. The Morgan fingerprint density at radius 2 is 0.867 bits per heavy atom. The van der Waals surface area contributed by atoms with Gasteiger partial charge in [0, 0.05) is 24.5 Å². The summed E-state index contributed by atoms with van der Waals surface area (Å²) < 4.78 is 194. The standard InChI is InChI=1S/C43H64N4O40S3/c1-13-17(7-73-88(61,62)63)77-36(21(44)24(13)52)84-35-28(56)30(58)40(87-43(35)72-12-50)83-33-19(9-75-90(67,68)69)79-37(23(46)26(33)54)82-31-16(51)6-20(81-41(31)70-10-48)80-32-18(8-74-89(64,65)66)78-38(22(45)25(32)53)85-34-27(55)29(57)39(86-42(34)71-11-49)76-15-4-2-14(3-5-15)47(59)60/h2-5,10-13,16-43,51-58H,6-9,44-46H2,1H3,(H,61,62,63)(H,64,65,66)(H,67,68,69)/t13-,16+,17?,18?,19?,20-,21?,22?,23?,24+,25-,26-,27-,28-,29?,30?,31+,32-,33-,34+,35+,36-,37+,38-,39-,40-,41?,42?,43?/m1/s1. The lowest BCUT2D eigenvalue weighted by atomic mass is 9.90. The van der Waals surface area contributed by atoms with Crippen LogP contribution in [-0.2, 0) is 124 Å². The van der Waals surface area contributed by atoms with Gasteiger partial charge in [0.2, 0.25) is 25.2 Å². The maximum absolute atomic E-state index is 11.9. The summed E-state index contributed by atoms with van der Waals surface area (Å²) in [5.41, 5.74) is 18.3. The summed E-state index contributed by atoms with van der Waals surface area (Å²) in [6.07, 6.45) is -51.5. The molecule has 17 N–H and O–H groups in total. The van der Waals surface area contributed by atoms with Crippen molar-refractivity contribution >= 4 is 56.3 Å². The van der Waals surface area contributed by atoms with Crippen molar-refractivity contribution in [3.63, 3.8) is 0 Å². The van der Waals surface area contributed by atoms with Crippen molar-refractivity contribution in [2.75, 3.05) is 19.8 Å². The number of nitro benzene ring substituents is 1. The fourth-order valence-corrected chi connectivity index (χ4v) is 10.8. The highest BCUT2D eigenvalue weighted by molar-refractivity contribution is 7.81. The molecule has 47 heteroatoms. The van der Waals surface area contributed by atoms with Crippen molar-refractivity contribution in [2.45, 2.75) is 186 Å². The van der Waals surface area contributed by atoms with E-state index in [0.29, 0.717) is 0 Å². The smallest absolute Gasteiger partial charge is 0.397 e. The number of ether oxygens (including phenoxy) is 15. The van der Waals surface area contributed by atoms with Gasteiger partial charge in [0.1, 0.15) is 72.9 Å². The Morgan fingerprint density at radius 3 is 1.31 bits per heavy atom. The summed E-state index contributed by atoms with van der Waals surface area (Å²) >= 11 is 0. The van der Waals surface area contributed by atoms with E-state index in [1.54, 1.807) is 0 Å². The van der Waals surface area contributed by atoms with Crippen LogP contribution in [-0.4, -0.2) is 296 Å². The normalized spacial score (nSPS) is 42.1. The van der Waals surface area contributed by atoms with Crippen molar-refractivity contribution in [2.24, 2.45) is 23.1 Å². The first-order valence-electron chi connectivity index (χ1n) is 26.1. The van der Waals surface area contributed by atoms with Gasteiger partial charge in [0.15, 0.2) is 43.7 Å². The lowest BCUT2D eigenvalue weighted by Gasteiger charge is -2.49. The molecule has 0 aliphatic carbocycles. The fourth-order valence-electron chi connectivity index (χ4n) is 9.84. The van der Waals surface area contributed by atoms with Gasteiger partial charge in [-0.3, -0.25) is 42.9 Å². The van der Waals surface area contributed by atoms with E-state index in [2.05, 4.69) is 12.5 Å². The minimum absolute atomic E-state index is 0.141. The summed E-state index contributed by atoms with van der Waals surface area (Å²) in [5.74, 6) is -1.13. The second-order valence-electron chi connectivity index (χ2n) is 20.3. The summed E-state index contributed by atoms with van der Waals surface area (Å²) in [4.78, 5) is 45.5. The zero-order chi connectivity index (χ0) is 66.5. The van der Waals surface area contributed by atoms with Crippen molar-refractivity contribution in [1.29, 1.82) is 0 Å². The Morgan fingerprint density at radius 1 is 0.489 bits per heavy atom. The highest BCUT2D eigenvalue weighted by Crippen LogP contribution is 2.38. The van der Waals surface area contributed by atoms with E-state index in [1.165, 1.54) is 6.92 Å². The summed E-state index contributed by atoms with van der Waals surface area (Å²) in [6, 6.07) is -1.07. The molecule has 6 fully saturated rings. The van der Waals surface area contributed by atoms with Crippen LogP contribution in [0.4, 0.5) is 5.69 Å². The number of benzene rings is 1. The molecule has 514 valence electrons. The van der Waals surface area contributed by atoms with Crippen LogP contribution in [0, 0.1) is 16.0 Å². The quantitative estimate of drug-likeness (QED) is 0.0122. The molecule has 0 radical (unpaired) electrons. The zero-order valence-electron chi connectivity index (χ0n) is 45.8. The molecule has 1 aromatic carbocycles. The molecule has 0 saturated carbocycles. The number of non-ortho nitro benzene ring substituents is 1. The van der Waals surface area contributed by atoms with Gasteiger partial charge >= 0.3 is 31.2 Å². The fraction of sp³-hybridized carbons (Fsp3) is 0.791. The first-order chi connectivity index (χ1) is 42.1. The minimum atomic E-state index is -5.40. The second kappa shape index (κ2) is 30.8. The van der Waals surface area contributed by atoms with Crippen LogP contribution >= 0.6 is 0 Å². The van der Waals surface area contributed by atoms with Crippen LogP contribution < -0.4 is 21.9 Å². The Bertz CT molecular complexity index is 2890. The van der Waals surface area contributed by atoms with Crippen LogP contribution in [0.3, 0.4) is 0 Å². The molecule has 11 unspecified atom stereocenters. The van der Waals surface area contributed by atoms with Crippen molar-refractivity contribution in [3.8, 4) is 5.75 Å². The van der Waals surface area contributed by atoms with Gasteiger partial charge in [-0.05, 0) is 12.1 Å². The first-order valence-corrected chi connectivity index (χ1v) is 30.2. The molecule has 29 atom stereocenters. The number of nitrogens with zero attached hydrogens (tertiary/aromatic N) is 1. The number of hydrogen-bond acceptors (Lipinski definition) is 40. The van der Waals surface area contributed by atoms with Crippen molar-refractivity contribution in [3.05, 3.63) is 34.4 Å². The van der Waals surface area contributed by atoms with E-state index < -0.39 is 241 Å². The Labute approximate surface area is 506 Å². The summed E-state index contributed by atoms with van der Waals surface area (Å²) in [5, 5.41) is 101. The molecule has 6 aliphatic heterocycles. The molecule has 0 bridgehead atoms. The van der Waals surface area contributed by atoms with Gasteiger partial charge in [0.25, 0.3) is 25.1 Å².